The van der Waals surface area contributed by atoms with Crippen molar-refractivity contribution in [1.29, 1.82) is 5.41 Å². The van der Waals surface area contributed by atoms with E-state index >= 15 is 0 Å². The van der Waals surface area contributed by atoms with Gasteiger partial charge < -0.3 is 46.2 Å². The Balaban J connectivity index is 1.47. The normalized spacial score (nSPS) is 12.1. The highest BCUT2D eigenvalue weighted by Crippen LogP contribution is 2.27. The molecule has 1 unspecified atom stereocenters. The number of aromatic nitrogens is 1. The van der Waals surface area contributed by atoms with Crippen LogP contribution in [0, 0.1) is 24.7 Å². The summed E-state index contributed by atoms with van der Waals surface area (Å²) in [4.78, 5) is 39.6. The molecule has 14 nitrogen and oxygen atoms in total. The topological polar surface area (TPSA) is 207 Å². The molecule has 0 saturated heterocycles. The highest BCUT2D eigenvalue weighted by atomic mass is 35.5. The van der Waals surface area contributed by atoms with Crippen LogP contribution in [0.25, 0.3) is 5.69 Å². The van der Waals surface area contributed by atoms with E-state index < -0.39 is 35.6 Å². The molecule has 0 aliphatic rings. The van der Waals surface area contributed by atoms with E-state index in [1.165, 1.54) is 4.57 Å². The number of urea groups is 1. The second kappa shape index (κ2) is 19.8. The van der Waals surface area contributed by atoms with E-state index in [0.717, 1.165) is 11.1 Å². The van der Waals surface area contributed by atoms with Crippen molar-refractivity contribution in [2.75, 3.05) is 31.7 Å². The molecule has 1 heterocycles. The van der Waals surface area contributed by atoms with Crippen LogP contribution in [0.4, 0.5) is 10.5 Å². The van der Waals surface area contributed by atoms with Gasteiger partial charge in [0.05, 0.1) is 25.0 Å². The van der Waals surface area contributed by atoms with Gasteiger partial charge in [-0.05, 0) is 54.8 Å². The number of rotatable bonds is 17. The van der Waals surface area contributed by atoms with Crippen molar-refractivity contribution in [2.24, 2.45) is 5.41 Å². The van der Waals surface area contributed by atoms with Crippen LogP contribution in [0.1, 0.15) is 53.5 Å². The number of allylic oxidation sites excluding steroid dienone is 1. The first-order valence-electron chi connectivity index (χ1n) is 17.9. The standard InChI is InChI=1S/C41H49ClN6O8/c1-25-13-14-27(38(52)44-22-31(51)23-50)18-33(25)48-26(2)17-34(37(42)39(48)53)56-24-29-10-7-6-9-28(29)21-45-40(54)47-36(20-35(43)41(3,4)5)46-30-11-8-12-32(19-30)55-16-15-49/h6-14,17-20,31,43,46,49-51H,15-16,21-24H2,1-5H3,(H,44,52)(H2,45,47,54)/b36-20+,43-35?. The van der Waals surface area contributed by atoms with Gasteiger partial charge in [-0.2, -0.15) is 0 Å². The number of anilines is 1. The molecule has 3 aromatic carbocycles. The third kappa shape index (κ3) is 11.9. The van der Waals surface area contributed by atoms with E-state index in [-0.39, 0.29) is 60.8 Å². The van der Waals surface area contributed by atoms with E-state index in [2.05, 4.69) is 21.3 Å². The van der Waals surface area contributed by atoms with Crippen molar-refractivity contribution in [3.8, 4) is 17.2 Å². The number of aryl methyl sites for hydroxylation is 2. The first kappa shape index (κ1) is 43.1. The van der Waals surface area contributed by atoms with E-state index in [1.807, 2.05) is 45.0 Å². The predicted molar refractivity (Wildman–Crippen MR) is 216 cm³/mol. The van der Waals surface area contributed by atoms with Gasteiger partial charge in [0.25, 0.3) is 11.5 Å². The Hall–Kier alpha value is -5.67. The molecular weight excluding hydrogens is 740 g/mol. The Morgan fingerprint density at radius 3 is 2.39 bits per heavy atom. The summed E-state index contributed by atoms with van der Waals surface area (Å²) in [6.07, 6.45) is 0.445. The summed E-state index contributed by atoms with van der Waals surface area (Å²) in [5.74, 6) is 0.461. The van der Waals surface area contributed by atoms with Crippen molar-refractivity contribution in [3.05, 3.63) is 128 Å². The number of pyridine rings is 1. The lowest BCUT2D eigenvalue weighted by atomic mass is 9.90. The molecule has 4 aromatic rings. The summed E-state index contributed by atoms with van der Waals surface area (Å²) in [7, 11) is 0. The molecule has 56 heavy (non-hydrogen) atoms. The number of nitrogens with one attached hydrogen (secondary N) is 5. The molecule has 0 aliphatic carbocycles. The van der Waals surface area contributed by atoms with Crippen molar-refractivity contribution in [2.45, 2.75) is 53.9 Å². The summed E-state index contributed by atoms with van der Waals surface area (Å²) in [5.41, 5.74) is 3.21. The number of carbonyl (C=O) groups is 2. The van der Waals surface area contributed by atoms with Crippen LogP contribution in [-0.4, -0.2) is 70.0 Å². The number of halogens is 1. The molecular formula is C41H49ClN6O8. The second-order valence-corrected chi connectivity index (χ2v) is 14.3. The Labute approximate surface area is 330 Å². The third-order valence-corrected chi connectivity index (χ3v) is 8.83. The molecule has 8 N–H and O–H groups in total. The highest BCUT2D eigenvalue weighted by molar-refractivity contribution is 6.31. The minimum atomic E-state index is -1.10. The van der Waals surface area contributed by atoms with Gasteiger partial charge in [-0.15, -0.1) is 0 Å². The maximum Gasteiger partial charge on any atom is 0.320 e. The Bertz CT molecular complexity index is 2130. The summed E-state index contributed by atoms with van der Waals surface area (Å²) in [5, 5.41) is 47.5. The Kier molecular flexibility index (Phi) is 15.2. The zero-order valence-electron chi connectivity index (χ0n) is 32.0. The molecule has 4 rings (SSSR count). The number of carbonyl (C=O) groups excluding carboxylic acids is 2. The molecule has 298 valence electrons. The van der Waals surface area contributed by atoms with Crippen LogP contribution >= 0.6 is 11.6 Å². The number of hydrogen-bond acceptors (Lipinski definition) is 10. The fourth-order valence-corrected chi connectivity index (χ4v) is 5.46. The number of aliphatic hydroxyl groups excluding tert-OH is 3. The van der Waals surface area contributed by atoms with Gasteiger partial charge in [-0.1, -0.05) is 68.8 Å². The number of ether oxygens (including phenoxy) is 2. The SMILES string of the molecule is Cc1ccc(C(=O)NCC(O)CO)cc1-n1c(C)cc(OCc2ccccc2CNC(=O)N/C(=C/C(=N)C(C)(C)C)Nc2cccc(OCCO)c2)c(Cl)c1=O. The Morgan fingerprint density at radius 1 is 0.964 bits per heavy atom. The first-order valence-corrected chi connectivity index (χ1v) is 18.2. The predicted octanol–water partition coefficient (Wildman–Crippen LogP) is 4.96. The Morgan fingerprint density at radius 2 is 1.70 bits per heavy atom. The largest absolute Gasteiger partial charge is 0.491 e. The van der Waals surface area contributed by atoms with Crippen LogP contribution in [0.15, 0.2) is 89.5 Å². The van der Waals surface area contributed by atoms with E-state index in [0.29, 0.717) is 28.4 Å². The van der Waals surface area contributed by atoms with Gasteiger partial charge in [-0.3, -0.25) is 19.5 Å². The van der Waals surface area contributed by atoms with Crippen molar-refractivity contribution in [1.82, 2.24) is 20.5 Å². The van der Waals surface area contributed by atoms with Gasteiger partial charge >= 0.3 is 6.03 Å². The lowest BCUT2D eigenvalue weighted by molar-refractivity contribution is 0.0802. The van der Waals surface area contributed by atoms with Crippen LogP contribution in [-0.2, 0) is 13.2 Å². The average Bonchev–Trinajstić information content (AvgIpc) is 3.16. The summed E-state index contributed by atoms with van der Waals surface area (Å²) >= 11 is 6.59. The minimum absolute atomic E-state index is 0.0284. The molecule has 1 aromatic heterocycles. The zero-order valence-corrected chi connectivity index (χ0v) is 32.8. The number of aliphatic hydroxyl groups is 3. The lowest BCUT2D eigenvalue weighted by Crippen LogP contribution is -2.37. The van der Waals surface area contributed by atoms with E-state index in [9.17, 15) is 19.5 Å². The molecule has 0 bridgehead atoms. The van der Waals surface area contributed by atoms with Crippen molar-refractivity contribution in [3.63, 3.8) is 0 Å². The number of nitrogens with zero attached hydrogens (tertiary/aromatic N) is 1. The number of amides is 3. The van der Waals surface area contributed by atoms with Gasteiger partial charge in [0.1, 0.15) is 35.6 Å². The molecule has 0 spiro atoms. The smallest absolute Gasteiger partial charge is 0.320 e. The van der Waals surface area contributed by atoms with Gasteiger partial charge in [0, 0.05) is 59.4 Å². The maximum absolute atomic E-state index is 13.6. The highest BCUT2D eigenvalue weighted by Gasteiger charge is 2.19. The van der Waals surface area contributed by atoms with Crippen LogP contribution in [0.3, 0.4) is 0 Å². The van der Waals surface area contributed by atoms with Gasteiger partial charge in [0.2, 0.25) is 0 Å². The fourth-order valence-electron chi connectivity index (χ4n) is 5.27. The van der Waals surface area contributed by atoms with Crippen LogP contribution < -0.4 is 36.3 Å². The molecule has 0 radical (unpaired) electrons. The van der Waals surface area contributed by atoms with E-state index in [4.69, 9.17) is 36.7 Å². The molecule has 3 amide bonds. The van der Waals surface area contributed by atoms with E-state index in [1.54, 1.807) is 68.5 Å². The molecule has 0 saturated carbocycles. The summed E-state index contributed by atoms with van der Waals surface area (Å²) in [6, 6.07) is 20.3. The molecule has 0 fully saturated rings. The fraction of sp³-hybridized carbons (Fsp3) is 0.317. The quantitative estimate of drug-likeness (QED) is 0.0680. The molecule has 0 aliphatic heterocycles. The van der Waals surface area contributed by atoms with Gasteiger partial charge in [0.15, 0.2) is 0 Å². The van der Waals surface area contributed by atoms with Crippen LogP contribution in [0.2, 0.25) is 5.02 Å². The average molecular weight is 789 g/mol. The van der Waals surface area contributed by atoms with Crippen molar-refractivity contribution >= 4 is 34.9 Å². The first-order chi connectivity index (χ1) is 26.6. The monoisotopic (exact) mass is 788 g/mol. The number of hydrogen-bond donors (Lipinski definition) is 8. The van der Waals surface area contributed by atoms with Crippen molar-refractivity contribution < 1.29 is 34.4 Å². The lowest BCUT2D eigenvalue weighted by Gasteiger charge is -2.20. The summed E-state index contributed by atoms with van der Waals surface area (Å²) in [6.45, 7) is 8.70. The minimum Gasteiger partial charge on any atom is -0.491 e. The zero-order chi connectivity index (χ0) is 41.0. The maximum atomic E-state index is 13.6. The second-order valence-electron chi connectivity index (χ2n) is 14.0. The summed E-state index contributed by atoms with van der Waals surface area (Å²) < 4.78 is 13.0. The number of benzene rings is 3. The van der Waals surface area contributed by atoms with Crippen LogP contribution in [0.5, 0.6) is 11.5 Å². The third-order valence-electron chi connectivity index (χ3n) is 8.48. The van der Waals surface area contributed by atoms with Gasteiger partial charge in [-0.25, -0.2) is 4.79 Å². The molecule has 15 heteroatoms. The molecule has 1 atom stereocenters.